The molecule has 1 N–H and O–H groups in total. The lowest BCUT2D eigenvalue weighted by Gasteiger charge is -2.43. The van der Waals surface area contributed by atoms with Crippen molar-refractivity contribution < 1.29 is 0 Å². The standard InChI is InChI=1S/C16H32N2/c1-4-8-16(9-11-17-12-10-16)13-18-14(3)6-7-15(18)5-2/h14-15,17H,4-13H2,1-3H3. The Morgan fingerprint density at radius 2 is 1.89 bits per heavy atom. The molecule has 2 fully saturated rings. The van der Waals surface area contributed by atoms with Crippen molar-refractivity contribution >= 4 is 0 Å². The normalized spacial score (nSPS) is 32.8. The molecule has 106 valence electrons. The summed E-state index contributed by atoms with van der Waals surface area (Å²) >= 11 is 0. The van der Waals surface area contributed by atoms with Gasteiger partial charge >= 0.3 is 0 Å². The second kappa shape index (κ2) is 6.38. The molecule has 0 saturated carbocycles. The Hall–Kier alpha value is -0.0800. The predicted molar refractivity (Wildman–Crippen MR) is 78.9 cm³/mol. The molecule has 0 bridgehead atoms. The Balaban J connectivity index is 2.02. The number of nitrogens with zero attached hydrogens (tertiary/aromatic N) is 1. The summed E-state index contributed by atoms with van der Waals surface area (Å²) in [5.41, 5.74) is 0.617. The van der Waals surface area contributed by atoms with Crippen LogP contribution in [0.4, 0.5) is 0 Å². The summed E-state index contributed by atoms with van der Waals surface area (Å²) in [6.07, 6.45) is 9.73. The number of likely N-dealkylation sites (tertiary alicyclic amines) is 1. The molecule has 18 heavy (non-hydrogen) atoms. The summed E-state index contributed by atoms with van der Waals surface area (Å²) in [4.78, 5) is 2.85. The quantitative estimate of drug-likeness (QED) is 0.806. The fourth-order valence-corrected chi connectivity index (χ4v) is 4.21. The number of piperidine rings is 1. The highest BCUT2D eigenvalue weighted by atomic mass is 15.2. The zero-order chi connectivity index (χ0) is 13.0. The average molecular weight is 252 g/mol. The molecule has 0 radical (unpaired) electrons. The van der Waals surface area contributed by atoms with E-state index in [1.807, 2.05) is 0 Å². The first kappa shape index (κ1) is 14.3. The van der Waals surface area contributed by atoms with Crippen LogP contribution >= 0.6 is 0 Å². The summed E-state index contributed by atoms with van der Waals surface area (Å²) < 4.78 is 0. The minimum Gasteiger partial charge on any atom is -0.317 e. The van der Waals surface area contributed by atoms with Gasteiger partial charge < -0.3 is 5.32 Å². The van der Waals surface area contributed by atoms with Crippen molar-refractivity contribution in [2.24, 2.45) is 5.41 Å². The zero-order valence-electron chi connectivity index (χ0n) is 12.7. The molecule has 2 heteroatoms. The molecule has 0 spiro atoms. The third-order valence-electron chi connectivity index (χ3n) is 5.39. The molecular weight excluding hydrogens is 220 g/mol. The third kappa shape index (κ3) is 3.08. The largest absolute Gasteiger partial charge is 0.317 e. The summed E-state index contributed by atoms with van der Waals surface area (Å²) in [5.74, 6) is 0. The fourth-order valence-electron chi connectivity index (χ4n) is 4.21. The van der Waals surface area contributed by atoms with Crippen molar-refractivity contribution in [2.45, 2.75) is 77.8 Å². The van der Waals surface area contributed by atoms with E-state index in [2.05, 4.69) is 31.0 Å². The van der Waals surface area contributed by atoms with Crippen LogP contribution in [0, 0.1) is 5.41 Å². The van der Waals surface area contributed by atoms with E-state index in [4.69, 9.17) is 0 Å². The van der Waals surface area contributed by atoms with Gasteiger partial charge in [0.1, 0.15) is 0 Å². The second-order valence-electron chi connectivity index (χ2n) is 6.66. The van der Waals surface area contributed by atoms with Crippen molar-refractivity contribution in [2.75, 3.05) is 19.6 Å². The van der Waals surface area contributed by atoms with E-state index in [0.29, 0.717) is 5.41 Å². The van der Waals surface area contributed by atoms with Crippen LogP contribution in [0.15, 0.2) is 0 Å². The van der Waals surface area contributed by atoms with Gasteiger partial charge in [0, 0.05) is 18.6 Å². The molecule has 0 amide bonds. The Morgan fingerprint density at radius 3 is 2.50 bits per heavy atom. The zero-order valence-corrected chi connectivity index (χ0v) is 12.7. The van der Waals surface area contributed by atoms with Gasteiger partial charge in [-0.15, -0.1) is 0 Å². The molecule has 2 aliphatic heterocycles. The van der Waals surface area contributed by atoms with E-state index in [9.17, 15) is 0 Å². The molecule has 2 unspecified atom stereocenters. The minimum atomic E-state index is 0.617. The van der Waals surface area contributed by atoms with E-state index in [1.165, 1.54) is 64.6 Å². The first-order chi connectivity index (χ1) is 8.71. The molecular formula is C16H32N2. The molecule has 0 aliphatic carbocycles. The van der Waals surface area contributed by atoms with Gasteiger partial charge in [-0.1, -0.05) is 20.3 Å². The van der Waals surface area contributed by atoms with Crippen LogP contribution in [0.1, 0.15) is 65.7 Å². The molecule has 0 aromatic heterocycles. The molecule has 2 heterocycles. The maximum Gasteiger partial charge on any atom is 0.00962 e. The Morgan fingerprint density at radius 1 is 1.17 bits per heavy atom. The van der Waals surface area contributed by atoms with Crippen molar-refractivity contribution in [1.29, 1.82) is 0 Å². The summed E-state index contributed by atoms with van der Waals surface area (Å²) in [7, 11) is 0. The third-order valence-corrected chi connectivity index (χ3v) is 5.39. The van der Waals surface area contributed by atoms with Gasteiger partial charge in [-0.2, -0.15) is 0 Å². The van der Waals surface area contributed by atoms with Crippen LogP contribution < -0.4 is 5.32 Å². The molecule has 2 saturated heterocycles. The van der Waals surface area contributed by atoms with Gasteiger partial charge in [-0.3, -0.25) is 4.90 Å². The molecule has 2 rings (SSSR count). The lowest BCUT2D eigenvalue weighted by Crippen LogP contribution is -2.47. The van der Waals surface area contributed by atoms with Crippen LogP contribution in [0.5, 0.6) is 0 Å². The number of hydrogen-bond acceptors (Lipinski definition) is 2. The summed E-state index contributed by atoms with van der Waals surface area (Å²) in [6.45, 7) is 11.0. The van der Waals surface area contributed by atoms with Crippen LogP contribution in [0.2, 0.25) is 0 Å². The van der Waals surface area contributed by atoms with Gasteiger partial charge in [-0.05, 0) is 64.0 Å². The number of nitrogens with one attached hydrogen (secondary N) is 1. The van der Waals surface area contributed by atoms with Gasteiger partial charge in [0.05, 0.1) is 0 Å². The van der Waals surface area contributed by atoms with E-state index in [1.54, 1.807) is 0 Å². The fraction of sp³-hybridized carbons (Fsp3) is 1.00. The van der Waals surface area contributed by atoms with Crippen LogP contribution in [-0.2, 0) is 0 Å². The number of rotatable bonds is 5. The van der Waals surface area contributed by atoms with Crippen molar-refractivity contribution in [3.8, 4) is 0 Å². The predicted octanol–water partition coefficient (Wildman–Crippen LogP) is 3.42. The highest BCUT2D eigenvalue weighted by Gasteiger charge is 2.38. The first-order valence-electron chi connectivity index (χ1n) is 8.17. The average Bonchev–Trinajstić information content (AvgIpc) is 2.72. The maximum absolute atomic E-state index is 3.54. The first-order valence-corrected chi connectivity index (χ1v) is 8.17. The van der Waals surface area contributed by atoms with Crippen LogP contribution in [0.3, 0.4) is 0 Å². The number of hydrogen-bond donors (Lipinski definition) is 1. The van der Waals surface area contributed by atoms with E-state index in [0.717, 1.165) is 12.1 Å². The van der Waals surface area contributed by atoms with Crippen molar-refractivity contribution in [3.05, 3.63) is 0 Å². The Labute approximate surface area is 114 Å². The lowest BCUT2D eigenvalue weighted by molar-refractivity contribution is 0.0718. The van der Waals surface area contributed by atoms with Gasteiger partial charge in [0.25, 0.3) is 0 Å². The van der Waals surface area contributed by atoms with Gasteiger partial charge in [0.15, 0.2) is 0 Å². The molecule has 2 nitrogen and oxygen atoms in total. The minimum absolute atomic E-state index is 0.617. The SMILES string of the molecule is CCCC1(CN2C(C)CCC2CC)CCNCC1. The van der Waals surface area contributed by atoms with Crippen molar-refractivity contribution in [1.82, 2.24) is 10.2 Å². The Bertz CT molecular complexity index is 240. The monoisotopic (exact) mass is 252 g/mol. The lowest BCUT2D eigenvalue weighted by atomic mass is 9.74. The molecule has 2 aliphatic rings. The van der Waals surface area contributed by atoms with Crippen LogP contribution in [0.25, 0.3) is 0 Å². The van der Waals surface area contributed by atoms with E-state index >= 15 is 0 Å². The van der Waals surface area contributed by atoms with Gasteiger partial charge in [-0.25, -0.2) is 0 Å². The highest BCUT2D eigenvalue weighted by Crippen LogP contribution is 2.38. The second-order valence-corrected chi connectivity index (χ2v) is 6.66. The van der Waals surface area contributed by atoms with E-state index in [-0.39, 0.29) is 0 Å². The van der Waals surface area contributed by atoms with E-state index < -0.39 is 0 Å². The molecule has 0 aromatic carbocycles. The molecule has 0 aromatic rings. The summed E-state index contributed by atoms with van der Waals surface area (Å²) in [5, 5.41) is 3.54. The highest BCUT2D eigenvalue weighted by molar-refractivity contribution is 4.93. The topological polar surface area (TPSA) is 15.3 Å². The maximum atomic E-state index is 3.54. The van der Waals surface area contributed by atoms with Crippen LogP contribution in [-0.4, -0.2) is 36.6 Å². The van der Waals surface area contributed by atoms with Crippen molar-refractivity contribution in [3.63, 3.8) is 0 Å². The smallest absolute Gasteiger partial charge is 0.00962 e. The van der Waals surface area contributed by atoms with Gasteiger partial charge in [0.2, 0.25) is 0 Å². The molecule has 2 atom stereocenters. The summed E-state index contributed by atoms with van der Waals surface area (Å²) in [6, 6.07) is 1.68. The Kier molecular flexibility index (Phi) is 5.08.